The van der Waals surface area contributed by atoms with Crippen molar-refractivity contribution in [2.45, 2.75) is 32.1 Å². The first kappa shape index (κ1) is 13.9. The summed E-state index contributed by atoms with van der Waals surface area (Å²) in [5.74, 6) is 0.119. The molecule has 1 aliphatic heterocycles. The molecule has 1 saturated heterocycles. The first-order chi connectivity index (χ1) is 8.95. The number of nitrogens with zero attached hydrogens (tertiary/aromatic N) is 1. The molecule has 2 N–H and O–H groups in total. The molecule has 19 heavy (non-hydrogen) atoms. The number of aryl methyl sites for hydroxylation is 1. The molecule has 0 saturated carbocycles. The van der Waals surface area contributed by atoms with E-state index in [1.807, 2.05) is 30.0 Å². The summed E-state index contributed by atoms with van der Waals surface area (Å²) in [6, 6.07) is 5.82. The lowest BCUT2D eigenvalue weighted by molar-refractivity contribution is -0.128. The summed E-state index contributed by atoms with van der Waals surface area (Å²) < 4.78 is 0. The molecule has 1 aromatic rings. The Balaban J connectivity index is 2.01. The van der Waals surface area contributed by atoms with Crippen molar-refractivity contribution in [1.82, 2.24) is 4.90 Å². The Bertz CT molecular complexity index is 516. The second-order valence-electron chi connectivity index (χ2n) is 4.90. The number of hydrogen-bond donors (Lipinski definition) is 1. The summed E-state index contributed by atoms with van der Waals surface area (Å²) in [6.07, 6.45) is 0.457. The number of nitrogens with two attached hydrogens (primary N) is 1. The van der Waals surface area contributed by atoms with E-state index < -0.39 is 0 Å². The van der Waals surface area contributed by atoms with Gasteiger partial charge in [0.1, 0.15) is 0 Å². The average molecular weight is 278 g/mol. The fourth-order valence-electron chi connectivity index (χ4n) is 2.26. The molecule has 1 aliphatic rings. The zero-order valence-corrected chi connectivity index (χ0v) is 12.0. The van der Waals surface area contributed by atoms with Crippen molar-refractivity contribution in [1.29, 1.82) is 0 Å². The van der Waals surface area contributed by atoms with E-state index in [1.165, 1.54) is 11.8 Å². The van der Waals surface area contributed by atoms with Gasteiger partial charge < -0.3 is 10.6 Å². The normalized spacial score (nSPS) is 18.9. The highest BCUT2D eigenvalue weighted by Gasteiger charge is 2.30. The van der Waals surface area contributed by atoms with Crippen molar-refractivity contribution in [2.75, 3.05) is 12.3 Å². The van der Waals surface area contributed by atoms with Gasteiger partial charge in [-0.15, -0.1) is 0 Å². The second-order valence-corrected chi connectivity index (χ2v) is 6.38. The molecule has 1 fully saturated rings. The quantitative estimate of drug-likeness (QED) is 0.858. The van der Waals surface area contributed by atoms with Crippen LogP contribution in [0.25, 0.3) is 0 Å². The number of benzene rings is 1. The van der Waals surface area contributed by atoms with Crippen LogP contribution in [0.15, 0.2) is 18.2 Å². The molecular formula is C14H18N2O2S. The minimum Gasteiger partial charge on any atom is -0.399 e. The van der Waals surface area contributed by atoms with Crippen LogP contribution in [-0.4, -0.2) is 27.7 Å². The van der Waals surface area contributed by atoms with Gasteiger partial charge in [0, 0.05) is 37.4 Å². The third kappa shape index (κ3) is 3.50. The van der Waals surface area contributed by atoms with E-state index in [9.17, 15) is 9.59 Å². The number of thioether (sulfide) groups is 1. The van der Waals surface area contributed by atoms with Gasteiger partial charge in [-0.05, 0) is 24.1 Å². The van der Waals surface area contributed by atoms with Crippen LogP contribution in [0.1, 0.15) is 24.5 Å². The molecule has 4 nitrogen and oxygen atoms in total. The van der Waals surface area contributed by atoms with Gasteiger partial charge in [0.05, 0.1) is 0 Å². The van der Waals surface area contributed by atoms with E-state index in [2.05, 4.69) is 0 Å². The van der Waals surface area contributed by atoms with E-state index in [1.54, 1.807) is 6.92 Å². The van der Waals surface area contributed by atoms with E-state index >= 15 is 0 Å². The molecule has 5 heteroatoms. The maximum atomic E-state index is 11.9. The van der Waals surface area contributed by atoms with E-state index in [0.29, 0.717) is 19.5 Å². The Hall–Kier alpha value is -1.49. The summed E-state index contributed by atoms with van der Waals surface area (Å²) in [6.45, 7) is 4.74. The molecule has 1 aromatic carbocycles. The molecule has 0 radical (unpaired) electrons. The number of likely N-dealkylation sites (tertiary alicyclic amines) is 1. The van der Waals surface area contributed by atoms with Crippen LogP contribution in [0.3, 0.4) is 0 Å². The molecular weight excluding hydrogens is 260 g/mol. The lowest BCUT2D eigenvalue weighted by Gasteiger charge is -2.17. The summed E-state index contributed by atoms with van der Waals surface area (Å²) in [7, 11) is 0. The van der Waals surface area contributed by atoms with Crippen molar-refractivity contribution < 1.29 is 9.59 Å². The lowest BCUT2D eigenvalue weighted by Crippen LogP contribution is -2.25. The zero-order chi connectivity index (χ0) is 14.0. The van der Waals surface area contributed by atoms with Crippen LogP contribution in [0.5, 0.6) is 0 Å². The molecule has 1 amide bonds. The van der Waals surface area contributed by atoms with Gasteiger partial charge in [0.2, 0.25) is 5.91 Å². The van der Waals surface area contributed by atoms with Crippen molar-refractivity contribution in [3.05, 3.63) is 29.3 Å². The highest BCUT2D eigenvalue weighted by molar-refractivity contribution is 8.14. The molecule has 102 valence electrons. The third-order valence-electron chi connectivity index (χ3n) is 3.22. The fraction of sp³-hybridized carbons (Fsp3) is 0.429. The third-order valence-corrected chi connectivity index (χ3v) is 4.20. The highest BCUT2D eigenvalue weighted by Crippen LogP contribution is 2.26. The number of rotatable bonds is 3. The Kier molecular flexibility index (Phi) is 4.14. The fourth-order valence-corrected chi connectivity index (χ4v) is 3.21. The van der Waals surface area contributed by atoms with E-state index in [-0.39, 0.29) is 16.3 Å². The van der Waals surface area contributed by atoms with Crippen LogP contribution >= 0.6 is 11.8 Å². The average Bonchev–Trinajstić information content (AvgIpc) is 2.63. The van der Waals surface area contributed by atoms with Crippen molar-refractivity contribution in [3.8, 4) is 0 Å². The maximum absolute atomic E-state index is 11.9. The minimum atomic E-state index is 0.0722. The van der Waals surface area contributed by atoms with E-state index in [4.69, 9.17) is 5.73 Å². The first-order valence-corrected chi connectivity index (χ1v) is 7.13. The topological polar surface area (TPSA) is 63.4 Å². The molecule has 0 aromatic heterocycles. The zero-order valence-electron chi connectivity index (χ0n) is 11.2. The molecule has 2 rings (SSSR count). The summed E-state index contributed by atoms with van der Waals surface area (Å²) >= 11 is 1.26. The van der Waals surface area contributed by atoms with Gasteiger partial charge >= 0.3 is 0 Å². The van der Waals surface area contributed by atoms with Gasteiger partial charge in [-0.3, -0.25) is 9.59 Å². The first-order valence-electron chi connectivity index (χ1n) is 6.25. The van der Waals surface area contributed by atoms with Crippen molar-refractivity contribution >= 4 is 28.5 Å². The predicted octanol–water partition coefficient (Wildman–Crippen LogP) is 1.96. The number of hydrogen-bond acceptors (Lipinski definition) is 4. The monoisotopic (exact) mass is 278 g/mol. The molecule has 0 spiro atoms. The molecule has 0 bridgehead atoms. The summed E-state index contributed by atoms with van der Waals surface area (Å²) in [5, 5.41) is 0.169. The smallest absolute Gasteiger partial charge is 0.224 e. The van der Waals surface area contributed by atoms with Crippen LogP contribution in [0.4, 0.5) is 5.69 Å². The number of carbonyl (C=O) groups is 2. The Morgan fingerprint density at radius 1 is 1.53 bits per heavy atom. The van der Waals surface area contributed by atoms with Gasteiger partial charge in [0.15, 0.2) is 5.12 Å². The minimum absolute atomic E-state index is 0.0722. The second kappa shape index (κ2) is 5.65. The summed E-state index contributed by atoms with van der Waals surface area (Å²) in [5.41, 5.74) is 8.65. The lowest BCUT2D eigenvalue weighted by atomic mass is 10.1. The summed E-state index contributed by atoms with van der Waals surface area (Å²) in [4.78, 5) is 24.8. The Morgan fingerprint density at radius 3 is 2.89 bits per heavy atom. The van der Waals surface area contributed by atoms with Crippen molar-refractivity contribution in [2.24, 2.45) is 0 Å². The van der Waals surface area contributed by atoms with E-state index in [0.717, 1.165) is 16.8 Å². The number of carbonyl (C=O) groups excluding carboxylic acids is 2. The molecule has 1 heterocycles. The largest absolute Gasteiger partial charge is 0.399 e. The SMILES string of the molecule is CC(=O)SC1CC(=O)N(Cc2ccc(N)c(C)c2)C1. The maximum Gasteiger partial charge on any atom is 0.224 e. The number of amides is 1. The van der Waals surface area contributed by atoms with Gasteiger partial charge in [-0.1, -0.05) is 23.9 Å². The standard InChI is InChI=1S/C14H18N2O2S/c1-9-5-11(3-4-13(9)15)7-16-8-12(6-14(16)18)19-10(2)17/h3-5,12H,6-8,15H2,1-2H3. The molecule has 1 unspecified atom stereocenters. The van der Waals surface area contributed by atoms with Crippen LogP contribution in [-0.2, 0) is 16.1 Å². The molecule has 0 aliphatic carbocycles. The van der Waals surface area contributed by atoms with Crippen LogP contribution in [0, 0.1) is 6.92 Å². The highest BCUT2D eigenvalue weighted by atomic mass is 32.2. The van der Waals surface area contributed by atoms with Gasteiger partial charge in [-0.2, -0.15) is 0 Å². The number of anilines is 1. The molecule has 1 atom stereocenters. The van der Waals surface area contributed by atoms with Gasteiger partial charge in [0.25, 0.3) is 0 Å². The van der Waals surface area contributed by atoms with Crippen LogP contribution < -0.4 is 5.73 Å². The number of nitrogen functional groups attached to an aromatic ring is 1. The Morgan fingerprint density at radius 2 is 2.26 bits per heavy atom. The Labute approximate surface area is 117 Å². The predicted molar refractivity (Wildman–Crippen MR) is 77.7 cm³/mol. The van der Waals surface area contributed by atoms with Crippen molar-refractivity contribution in [3.63, 3.8) is 0 Å². The van der Waals surface area contributed by atoms with Gasteiger partial charge in [-0.25, -0.2) is 0 Å². The van der Waals surface area contributed by atoms with Crippen LogP contribution in [0.2, 0.25) is 0 Å².